The van der Waals surface area contributed by atoms with E-state index < -0.39 is 23.2 Å². The summed E-state index contributed by atoms with van der Waals surface area (Å²) in [6.45, 7) is 2.47. The van der Waals surface area contributed by atoms with Gasteiger partial charge < -0.3 is 11.1 Å². The van der Waals surface area contributed by atoms with E-state index in [0.29, 0.717) is 6.54 Å². The standard InChI is InChI=1S/C11H14F2N2O/c1-2-3-4-15-11(16)7-5-8(12)10(14)9(13)6-7/h5-6H,2-4,14H2,1H3,(H,15,16). The summed E-state index contributed by atoms with van der Waals surface area (Å²) in [4.78, 5) is 11.4. The van der Waals surface area contributed by atoms with Crippen LogP contribution in [0, 0.1) is 11.6 Å². The molecule has 0 fully saturated rings. The highest BCUT2D eigenvalue weighted by atomic mass is 19.1. The van der Waals surface area contributed by atoms with Crippen molar-refractivity contribution < 1.29 is 13.6 Å². The fourth-order valence-electron chi connectivity index (χ4n) is 1.20. The lowest BCUT2D eigenvalue weighted by atomic mass is 10.1. The molecule has 0 heterocycles. The van der Waals surface area contributed by atoms with Crippen molar-refractivity contribution in [3.8, 4) is 0 Å². The average molecular weight is 228 g/mol. The molecule has 0 aliphatic rings. The SMILES string of the molecule is CCCCNC(=O)c1cc(F)c(N)c(F)c1. The van der Waals surface area contributed by atoms with Gasteiger partial charge in [0.2, 0.25) is 0 Å². The van der Waals surface area contributed by atoms with Crippen LogP contribution in [-0.4, -0.2) is 12.5 Å². The quantitative estimate of drug-likeness (QED) is 0.612. The number of carbonyl (C=O) groups is 1. The summed E-state index contributed by atoms with van der Waals surface area (Å²) in [5, 5.41) is 2.56. The van der Waals surface area contributed by atoms with E-state index >= 15 is 0 Å². The van der Waals surface area contributed by atoms with E-state index in [4.69, 9.17) is 5.73 Å². The zero-order valence-electron chi connectivity index (χ0n) is 9.02. The molecule has 1 aromatic rings. The molecule has 16 heavy (non-hydrogen) atoms. The van der Waals surface area contributed by atoms with E-state index in [1.807, 2.05) is 6.92 Å². The van der Waals surface area contributed by atoms with Crippen LogP contribution in [0.1, 0.15) is 30.1 Å². The summed E-state index contributed by atoms with van der Waals surface area (Å²) in [7, 11) is 0. The Morgan fingerprint density at radius 3 is 2.44 bits per heavy atom. The van der Waals surface area contributed by atoms with Crippen molar-refractivity contribution in [2.75, 3.05) is 12.3 Å². The third kappa shape index (κ3) is 2.92. The molecule has 5 heteroatoms. The van der Waals surface area contributed by atoms with Crippen molar-refractivity contribution in [3.63, 3.8) is 0 Å². The summed E-state index contributed by atoms with van der Waals surface area (Å²) < 4.78 is 26.1. The maximum atomic E-state index is 13.0. The Kier molecular flexibility index (Phi) is 4.22. The number of nitrogen functional groups attached to an aromatic ring is 1. The number of halogens is 2. The van der Waals surface area contributed by atoms with Crippen molar-refractivity contribution in [2.24, 2.45) is 0 Å². The zero-order chi connectivity index (χ0) is 12.1. The molecule has 0 saturated carbocycles. The van der Waals surface area contributed by atoms with Gasteiger partial charge in [-0.25, -0.2) is 8.78 Å². The molecule has 0 aliphatic heterocycles. The number of unbranched alkanes of at least 4 members (excludes halogenated alkanes) is 1. The molecule has 0 aliphatic carbocycles. The average Bonchev–Trinajstić information content (AvgIpc) is 2.25. The van der Waals surface area contributed by atoms with Gasteiger partial charge in [0.25, 0.3) is 5.91 Å². The first-order valence-corrected chi connectivity index (χ1v) is 5.09. The van der Waals surface area contributed by atoms with Crippen LogP contribution in [0.25, 0.3) is 0 Å². The van der Waals surface area contributed by atoms with Crippen LogP contribution in [0.15, 0.2) is 12.1 Å². The Morgan fingerprint density at radius 2 is 1.94 bits per heavy atom. The highest BCUT2D eigenvalue weighted by Gasteiger charge is 2.12. The van der Waals surface area contributed by atoms with E-state index in [1.54, 1.807) is 0 Å². The first-order valence-electron chi connectivity index (χ1n) is 5.09. The number of carbonyl (C=O) groups excluding carboxylic acids is 1. The van der Waals surface area contributed by atoms with Crippen molar-refractivity contribution in [2.45, 2.75) is 19.8 Å². The Balaban J connectivity index is 2.76. The van der Waals surface area contributed by atoms with Gasteiger partial charge in [-0.05, 0) is 18.6 Å². The molecule has 3 N–H and O–H groups in total. The molecule has 1 aromatic carbocycles. The third-order valence-electron chi connectivity index (χ3n) is 2.16. The molecule has 0 aromatic heterocycles. The molecule has 3 nitrogen and oxygen atoms in total. The molecule has 0 bridgehead atoms. The van der Waals surface area contributed by atoms with Crippen LogP contribution in [0.3, 0.4) is 0 Å². The second kappa shape index (κ2) is 5.44. The van der Waals surface area contributed by atoms with Gasteiger partial charge in [0.1, 0.15) is 17.3 Å². The smallest absolute Gasteiger partial charge is 0.251 e. The predicted molar refractivity (Wildman–Crippen MR) is 58.0 cm³/mol. The summed E-state index contributed by atoms with van der Waals surface area (Å²) in [6.07, 6.45) is 1.76. The minimum atomic E-state index is -0.916. The highest BCUT2D eigenvalue weighted by molar-refractivity contribution is 5.94. The maximum Gasteiger partial charge on any atom is 0.251 e. The van der Waals surface area contributed by atoms with Crippen molar-refractivity contribution in [3.05, 3.63) is 29.3 Å². The molecule has 0 unspecified atom stereocenters. The number of benzene rings is 1. The molecular weight excluding hydrogens is 214 g/mol. The molecule has 0 atom stereocenters. The van der Waals surface area contributed by atoms with Crippen molar-refractivity contribution in [1.29, 1.82) is 0 Å². The monoisotopic (exact) mass is 228 g/mol. The Hall–Kier alpha value is -1.65. The van der Waals surface area contributed by atoms with Gasteiger partial charge in [-0.2, -0.15) is 0 Å². The summed E-state index contributed by atoms with van der Waals surface area (Å²) in [6, 6.07) is 1.86. The number of rotatable bonds is 4. The van der Waals surface area contributed by atoms with Crippen LogP contribution < -0.4 is 11.1 Å². The number of nitrogens with one attached hydrogen (secondary N) is 1. The lowest BCUT2D eigenvalue weighted by molar-refractivity contribution is 0.0952. The minimum Gasteiger partial charge on any atom is -0.394 e. The van der Waals surface area contributed by atoms with Crippen LogP contribution in [0.5, 0.6) is 0 Å². The van der Waals surface area contributed by atoms with Crippen LogP contribution in [0.2, 0.25) is 0 Å². The van der Waals surface area contributed by atoms with E-state index in [0.717, 1.165) is 25.0 Å². The molecular formula is C11H14F2N2O. The lowest BCUT2D eigenvalue weighted by Crippen LogP contribution is -2.24. The molecule has 0 spiro atoms. The second-order valence-corrected chi connectivity index (χ2v) is 3.46. The van der Waals surface area contributed by atoms with Gasteiger partial charge in [-0.15, -0.1) is 0 Å². The minimum absolute atomic E-state index is 0.0553. The first kappa shape index (κ1) is 12.4. The molecule has 0 saturated heterocycles. The fraction of sp³-hybridized carbons (Fsp3) is 0.364. The van der Waals surface area contributed by atoms with Crippen LogP contribution in [0.4, 0.5) is 14.5 Å². The van der Waals surface area contributed by atoms with Crippen LogP contribution >= 0.6 is 0 Å². The normalized spacial score (nSPS) is 10.2. The Bertz CT molecular complexity index is 371. The number of nitrogens with two attached hydrogens (primary N) is 1. The van der Waals surface area contributed by atoms with Gasteiger partial charge in [-0.1, -0.05) is 13.3 Å². The topological polar surface area (TPSA) is 55.1 Å². The highest BCUT2D eigenvalue weighted by Crippen LogP contribution is 2.17. The van der Waals surface area contributed by atoms with Crippen LogP contribution in [-0.2, 0) is 0 Å². The van der Waals surface area contributed by atoms with E-state index in [1.165, 1.54) is 0 Å². The van der Waals surface area contributed by atoms with Gasteiger partial charge >= 0.3 is 0 Å². The van der Waals surface area contributed by atoms with Gasteiger partial charge in [-0.3, -0.25) is 4.79 Å². The summed E-state index contributed by atoms with van der Waals surface area (Å²) >= 11 is 0. The number of amides is 1. The number of hydrogen-bond acceptors (Lipinski definition) is 2. The molecule has 0 radical (unpaired) electrons. The molecule has 1 rings (SSSR count). The van der Waals surface area contributed by atoms with Gasteiger partial charge in [0.05, 0.1) is 0 Å². The lowest BCUT2D eigenvalue weighted by Gasteiger charge is -2.06. The number of anilines is 1. The summed E-state index contributed by atoms with van der Waals surface area (Å²) in [5.74, 6) is -2.33. The number of hydrogen-bond donors (Lipinski definition) is 2. The van der Waals surface area contributed by atoms with E-state index in [2.05, 4.69) is 5.32 Å². The largest absolute Gasteiger partial charge is 0.394 e. The van der Waals surface area contributed by atoms with Gasteiger partial charge in [0.15, 0.2) is 0 Å². The maximum absolute atomic E-state index is 13.0. The Labute approximate surface area is 92.6 Å². The van der Waals surface area contributed by atoms with E-state index in [9.17, 15) is 13.6 Å². The summed E-state index contributed by atoms with van der Waals surface area (Å²) in [5.41, 5.74) is 4.47. The Morgan fingerprint density at radius 1 is 1.38 bits per heavy atom. The fourth-order valence-corrected chi connectivity index (χ4v) is 1.20. The van der Waals surface area contributed by atoms with E-state index in [-0.39, 0.29) is 5.56 Å². The van der Waals surface area contributed by atoms with Gasteiger partial charge in [0, 0.05) is 12.1 Å². The first-order chi connectivity index (χ1) is 7.56. The zero-order valence-corrected chi connectivity index (χ0v) is 9.02. The molecule has 1 amide bonds. The predicted octanol–water partition coefficient (Wildman–Crippen LogP) is 2.08. The third-order valence-corrected chi connectivity index (χ3v) is 2.16. The molecule has 88 valence electrons. The van der Waals surface area contributed by atoms with Crippen molar-refractivity contribution in [1.82, 2.24) is 5.32 Å². The van der Waals surface area contributed by atoms with Crippen molar-refractivity contribution >= 4 is 11.6 Å². The second-order valence-electron chi connectivity index (χ2n) is 3.46.